The largest absolute Gasteiger partial charge is 0.424 e. The summed E-state index contributed by atoms with van der Waals surface area (Å²) in [5, 5.41) is 0. The fourth-order valence-electron chi connectivity index (χ4n) is 2.56. The highest BCUT2D eigenvalue weighted by Crippen LogP contribution is 2.21. The number of carbonyl (C=O) groups excluding carboxylic acids is 2. The summed E-state index contributed by atoms with van der Waals surface area (Å²) >= 11 is 0. The van der Waals surface area contributed by atoms with E-state index in [4.69, 9.17) is 20.9 Å². The number of unbranched alkanes of at least 4 members (excludes halogenated alkanes) is 4. The Morgan fingerprint density at radius 1 is 0.630 bits per heavy atom. The number of benzene rings is 2. The van der Waals surface area contributed by atoms with Crippen molar-refractivity contribution < 1.29 is 19.1 Å². The number of hydrogen-bond donors (Lipinski definition) is 2. The van der Waals surface area contributed by atoms with Gasteiger partial charge < -0.3 is 20.9 Å². The van der Waals surface area contributed by atoms with E-state index in [9.17, 15) is 9.59 Å². The molecule has 0 spiro atoms. The second-order valence-corrected chi connectivity index (χ2v) is 6.29. The van der Waals surface area contributed by atoms with E-state index in [2.05, 4.69) is 0 Å². The molecule has 27 heavy (non-hydrogen) atoms. The first-order valence-corrected chi connectivity index (χ1v) is 9.16. The number of ether oxygens (including phenoxy) is 2. The maximum absolute atomic E-state index is 11.8. The average Bonchev–Trinajstić information content (AvgIpc) is 2.65. The molecule has 0 aliphatic carbocycles. The van der Waals surface area contributed by atoms with Crippen molar-refractivity contribution in [3.8, 4) is 11.5 Å². The van der Waals surface area contributed by atoms with E-state index in [0.29, 0.717) is 35.7 Å². The molecule has 0 aromatic heterocycles. The van der Waals surface area contributed by atoms with Crippen molar-refractivity contribution in [2.75, 3.05) is 11.5 Å². The quantitative estimate of drug-likeness (QED) is 0.282. The minimum absolute atomic E-state index is 0.281. The topological polar surface area (TPSA) is 105 Å². The predicted octanol–water partition coefficient (Wildman–Crippen LogP) is 4.09. The minimum atomic E-state index is -0.281. The Morgan fingerprint density at radius 2 is 1.00 bits per heavy atom. The first-order valence-electron chi connectivity index (χ1n) is 9.16. The molecule has 2 aromatic rings. The maximum atomic E-state index is 11.8. The molecule has 4 N–H and O–H groups in total. The maximum Gasteiger partial charge on any atom is 0.311 e. The number of rotatable bonds is 10. The molecular formula is C21H26N2O4. The molecule has 0 aliphatic heterocycles. The molecule has 0 amide bonds. The molecule has 0 aliphatic rings. The molecule has 6 nitrogen and oxygen atoms in total. The van der Waals surface area contributed by atoms with Crippen molar-refractivity contribution >= 4 is 23.3 Å². The number of nitrogens with two attached hydrogens (primary N) is 2. The average molecular weight is 370 g/mol. The number of anilines is 2. The van der Waals surface area contributed by atoms with Crippen LogP contribution in [0.25, 0.3) is 0 Å². The summed E-state index contributed by atoms with van der Waals surface area (Å²) in [7, 11) is 0. The van der Waals surface area contributed by atoms with Crippen molar-refractivity contribution in [2.24, 2.45) is 0 Å². The summed E-state index contributed by atoms with van der Waals surface area (Å²) in [6, 6.07) is 13.9. The van der Waals surface area contributed by atoms with E-state index in [-0.39, 0.29) is 11.9 Å². The number of nitrogen functional groups attached to an aromatic ring is 2. The zero-order valence-electron chi connectivity index (χ0n) is 15.4. The van der Waals surface area contributed by atoms with Gasteiger partial charge in [0.05, 0.1) is 11.4 Å². The molecule has 0 fully saturated rings. The highest BCUT2D eigenvalue weighted by atomic mass is 16.5. The van der Waals surface area contributed by atoms with Gasteiger partial charge in [-0.05, 0) is 37.1 Å². The van der Waals surface area contributed by atoms with Gasteiger partial charge in [-0.1, -0.05) is 43.5 Å². The van der Waals surface area contributed by atoms with Crippen molar-refractivity contribution in [1.29, 1.82) is 0 Å². The Morgan fingerprint density at radius 3 is 1.41 bits per heavy atom. The third-order valence-electron chi connectivity index (χ3n) is 4.05. The van der Waals surface area contributed by atoms with Crippen molar-refractivity contribution in [3.05, 3.63) is 48.5 Å². The lowest BCUT2D eigenvalue weighted by Gasteiger charge is -2.07. The first-order chi connectivity index (χ1) is 13.1. The Hall–Kier alpha value is -3.02. The summed E-state index contributed by atoms with van der Waals surface area (Å²) in [4.78, 5) is 23.6. The summed E-state index contributed by atoms with van der Waals surface area (Å²) in [5.41, 5.74) is 12.4. The summed E-state index contributed by atoms with van der Waals surface area (Å²) in [6.45, 7) is 0. The molecule has 0 heterocycles. The number of para-hydroxylation sites is 4. The van der Waals surface area contributed by atoms with Gasteiger partial charge in [-0.3, -0.25) is 9.59 Å². The van der Waals surface area contributed by atoms with Crippen LogP contribution in [0.5, 0.6) is 11.5 Å². The number of carbonyl (C=O) groups is 2. The van der Waals surface area contributed by atoms with Gasteiger partial charge in [-0.2, -0.15) is 0 Å². The monoisotopic (exact) mass is 370 g/mol. The first kappa shape index (κ1) is 20.3. The summed E-state index contributed by atoms with van der Waals surface area (Å²) in [6.07, 6.45) is 4.95. The number of esters is 2. The fraction of sp³-hybridized carbons (Fsp3) is 0.333. The van der Waals surface area contributed by atoms with Crippen LogP contribution in [0.2, 0.25) is 0 Å². The standard InChI is InChI=1S/C21H26N2O4/c22-16-10-6-8-12-18(16)26-20(24)14-4-2-1-3-5-15-21(25)27-19-13-9-7-11-17(19)23/h6-13H,1-5,14-15,22-23H2. The van der Waals surface area contributed by atoms with Gasteiger partial charge >= 0.3 is 11.9 Å². The molecule has 0 saturated heterocycles. The highest BCUT2D eigenvalue weighted by molar-refractivity contribution is 5.75. The normalized spacial score (nSPS) is 10.4. The molecule has 2 rings (SSSR count). The van der Waals surface area contributed by atoms with Crippen LogP contribution in [0, 0.1) is 0 Å². The second kappa shape index (κ2) is 10.9. The predicted molar refractivity (Wildman–Crippen MR) is 105 cm³/mol. The molecule has 144 valence electrons. The highest BCUT2D eigenvalue weighted by Gasteiger charge is 2.08. The van der Waals surface area contributed by atoms with Gasteiger partial charge in [0.15, 0.2) is 11.5 Å². The van der Waals surface area contributed by atoms with Crippen LogP contribution in [0.4, 0.5) is 11.4 Å². The fourth-order valence-corrected chi connectivity index (χ4v) is 2.56. The zero-order chi connectivity index (χ0) is 19.5. The van der Waals surface area contributed by atoms with Gasteiger partial charge in [0, 0.05) is 12.8 Å². The third kappa shape index (κ3) is 7.40. The van der Waals surface area contributed by atoms with Gasteiger partial charge in [0.25, 0.3) is 0 Å². The Balaban J connectivity index is 1.52. The van der Waals surface area contributed by atoms with Crippen LogP contribution in [0.3, 0.4) is 0 Å². The minimum Gasteiger partial charge on any atom is -0.424 e. The van der Waals surface area contributed by atoms with Crippen molar-refractivity contribution in [3.63, 3.8) is 0 Å². The van der Waals surface area contributed by atoms with E-state index in [1.54, 1.807) is 48.5 Å². The third-order valence-corrected chi connectivity index (χ3v) is 4.05. The van der Waals surface area contributed by atoms with Gasteiger partial charge in [0.2, 0.25) is 0 Å². The van der Waals surface area contributed by atoms with E-state index >= 15 is 0 Å². The lowest BCUT2D eigenvalue weighted by Crippen LogP contribution is -2.09. The van der Waals surface area contributed by atoms with Crippen LogP contribution < -0.4 is 20.9 Å². The van der Waals surface area contributed by atoms with Crippen LogP contribution in [-0.4, -0.2) is 11.9 Å². The second-order valence-electron chi connectivity index (χ2n) is 6.29. The molecular weight excluding hydrogens is 344 g/mol. The zero-order valence-corrected chi connectivity index (χ0v) is 15.4. The smallest absolute Gasteiger partial charge is 0.311 e. The Kier molecular flexibility index (Phi) is 8.16. The molecule has 6 heteroatoms. The summed E-state index contributed by atoms with van der Waals surface area (Å²) < 4.78 is 10.5. The van der Waals surface area contributed by atoms with E-state index in [1.165, 1.54) is 0 Å². The molecule has 0 bridgehead atoms. The van der Waals surface area contributed by atoms with Crippen molar-refractivity contribution in [1.82, 2.24) is 0 Å². The molecule has 0 atom stereocenters. The van der Waals surface area contributed by atoms with Crippen molar-refractivity contribution in [2.45, 2.75) is 44.9 Å². The van der Waals surface area contributed by atoms with E-state index in [1.807, 2.05) is 0 Å². The molecule has 0 unspecified atom stereocenters. The SMILES string of the molecule is Nc1ccccc1OC(=O)CCCCCCCC(=O)Oc1ccccc1N. The van der Waals surface area contributed by atoms with Crippen LogP contribution in [-0.2, 0) is 9.59 Å². The van der Waals surface area contributed by atoms with E-state index in [0.717, 1.165) is 32.1 Å². The van der Waals surface area contributed by atoms with E-state index < -0.39 is 0 Å². The lowest BCUT2D eigenvalue weighted by atomic mass is 10.1. The number of hydrogen-bond acceptors (Lipinski definition) is 6. The Bertz CT molecular complexity index is 698. The summed E-state index contributed by atoms with van der Waals surface area (Å²) in [5.74, 6) is 0.244. The lowest BCUT2D eigenvalue weighted by molar-refractivity contribution is -0.135. The van der Waals surface area contributed by atoms with Gasteiger partial charge in [-0.15, -0.1) is 0 Å². The molecule has 0 radical (unpaired) electrons. The van der Waals surface area contributed by atoms with Crippen LogP contribution in [0.1, 0.15) is 44.9 Å². The van der Waals surface area contributed by atoms with Gasteiger partial charge in [0.1, 0.15) is 0 Å². The Labute approximate surface area is 159 Å². The van der Waals surface area contributed by atoms with Crippen LogP contribution in [0.15, 0.2) is 48.5 Å². The van der Waals surface area contributed by atoms with Crippen LogP contribution >= 0.6 is 0 Å². The molecule has 2 aromatic carbocycles. The molecule has 0 saturated carbocycles. The van der Waals surface area contributed by atoms with Gasteiger partial charge in [-0.25, -0.2) is 0 Å².